The maximum atomic E-state index is 13.6. The van der Waals surface area contributed by atoms with Crippen molar-refractivity contribution in [2.75, 3.05) is 0 Å². The number of aryl methyl sites for hydroxylation is 1. The maximum absolute atomic E-state index is 13.6. The molecular formula is C22H26F3NO4. The number of hydrogen-bond acceptors (Lipinski definition) is 3. The number of carbonyl (C=O) groups excluding carboxylic acids is 2. The van der Waals surface area contributed by atoms with Crippen LogP contribution < -0.4 is 0 Å². The molecule has 1 aliphatic carbocycles. The van der Waals surface area contributed by atoms with Gasteiger partial charge in [0.1, 0.15) is 6.04 Å². The van der Waals surface area contributed by atoms with E-state index in [1.165, 1.54) is 0 Å². The second kappa shape index (κ2) is 8.78. The van der Waals surface area contributed by atoms with Crippen molar-refractivity contribution in [3.63, 3.8) is 0 Å². The Bertz CT molecular complexity index is 817. The molecule has 8 heteroatoms. The Morgan fingerprint density at radius 3 is 2.43 bits per heavy atom. The standard InChI is InChI=1S/C22H26F3NO4/c1-13-6-5-7-14(10-13)11-16-19(21(29)30)26(20(16)28)18(27)12-17(22(23,24)25)15-8-3-2-4-9-15/h5-7,10,15-17,19H,2-4,8-9,11-12H2,1H3,(H,29,30)/t16-,17+,19+/m1/s1. The van der Waals surface area contributed by atoms with Gasteiger partial charge in [-0.25, -0.2) is 4.79 Å². The van der Waals surface area contributed by atoms with Gasteiger partial charge in [-0.3, -0.25) is 14.5 Å². The molecule has 2 fully saturated rings. The van der Waals surface area contributed by atoms with Crippen LogP contribution in [0.4, 0.5) is 13.2 Å². The zero-order valence-electron chi connectivity index (χ0n) is 16.8. The van der Waals surface area contributed by atoms with Gasteiger partial charge in [-0.05, 0) is 37.7 Å². The van der Waals surface area contributed by atoms with Crippen LogP contribution in [0.1, 0.15) is 49.7 Å². The number of carboxylic acid groups (broad SMARTS) is 1. The second-order valence-corrected chi connectivity index (χ2v) is 8.44. The van der Waals surface area contributed by atoms with Crippen molar-refractivity contribution in [1.82, 2.24) is 4.90 Å². The number of aliphatic carboxylic acids is 1. The van der Waals surface area contributed by atoms with Crippen LogP contribution >= 0.6 is 0 Å². The molecule has 5 nitrogen and oxygen atoms in total. The zero-order valence-corrected chi connectivity index (χ0v) is 16.8. The van der Waals surface area contributed by atoms with Crippen LogP contribution in [0.15, 0.2) is 24.3 Å². The summed E-state index contributed by atoms with van der Waals surface area (Å²) in [5.74, 6) is -6.58. The summed E-state index contributed by atoms with van der Waals surface area (Å²) in [4.78, 5) is 37.5. The van der Waals surface area contributed by atoms with Crippen molar-refractivity contribution >= 4 is 17.8 Å². The molecule has 1 aromatic carbocycles. The molecule has 1 aliphatic heterocycles. The Morgan fingerprint density at radius 2 is 1.87 bits per heavy atom. The van der Waals surface area contributed by atoms with Gasteiger partial charge < -0.3 is 5.11 Å². The molecule has 1 aromatic rings. The first-order valence-corrected chi connectivity index (χ1v) is 10.3. The highest BCUT2D eigenvalue weighted by Crippen LogP contribution is 2.43. The molecule has 2 aliphatic rings. The van der Waals surface area contributed by atoms with Gasteiger partial charge in [0.05, 0.1) is 11.8 Å². The highest BCUT2D eigenvalue weighted by Gasteiger charge is 2.56. The van der Waals surface area contributed by atoms with Crippen molar-refractivity contribution in [2.24, 2.45) is 17.8 Å². The van der Waals surface area contributed by atoms with Crippen LogP contribution in [0.25, 0.3) is 0 Å². The minimum absolute atomic E-state index is 0.132. The summed E-state index contributed by atoms with van der Waals surface area (Å²) < 4.78 is 40.9. The van der Waals surface area contributed by atoms with Crippen LogP contribution in [0, 0.1) is 24.7 Å². The van der Waals surface area contributed by atoms with E-state index in [-0.39, 0.29) is 6.42 Å². The highest BCUT2D eigenvalue weighted by molar-refractivity contribution is 6.08. The number of imide groups is 1. The first-order valence-electron chi connectivity index (χ1n) is 10.3. The second-order valence-electron chi connectivity index (χ2n) is 8.44. The SMILES string of the molecule is Cc1cccc(C[C@H]2C(=O)N(C(=O)C[C@@H](C3CCCCC3)C(F)(F)F)[C@@H]2C(=O)O)c1. The highest BCUT2D eigenvalue weighted by atomic mass is 19.4. The van der Waals surface area contributed by atoms with E-state index in [4.69, 9.17) is 0 Å². The molecule has 3 rings (SSSR count). The number of hydrogen-bond donors (Lipinski definition) is 1. The molecule has 3 atom stereocenters. The Balaban J connectivity index is 1.74. The van der Waals surface area contributed by atoms with E-state index in [0.29, 0.717) is 30.6 Å². The lowest BCUT2D eigenvalue weighted by molar-refractivity contribution is -0.200. The lowest BCUT2D eigenvalue weighted by Gasteiger charge is -2.44. The Morgan fingerprint density at radius 1 is 1.20 bits per heavy atom. The number of carbonyl (C=O) groups is 3. The molecule has 0 bridgehead atoms. The summed E-state index contributed by atoms with van der Waals surface area (Å²) in [5, 5.41) is 9.55. The molecule has 164 valence electrons. The number of nitrogens with zero attached hydrogens (tertiary/aromatic N) is 1. The summed E-state index contributed by atoms with van der Waals surface area (Å²) in [7, 11) is 0. The van der Waals surface area contributed by atoms with E-state index >= 15 is 0 Å². The summed E-state index contributed by atoms with van der Waals surface area (Å²) in [5.41, 5.74) is 1.70. The Kier molecular flexibility index (Phi) is 6.53. The third-order valence-corrected chi connectivity index (χ3v) is 6.31. The number of benzene rings is 1. The lowest BCUT2D eigenvalue weighted by atomic mass is 9.76. The fourth-order valence-corrected chi connectivity index (χ4v) is 4.77. The van der Waals surface area contributed by atoms with Crippen molar-refractivity contribution in [2.45, 2.75) is 64.1 Å². The van der Waals surface area contributed by atoms with Gasteiger partial charge in [-0.2, -0.15) is 13.2 Å². The molecule has 0 spiro atoms. The molecule has 2 amide bonds. The van der Waals surface area contributed by atoms with Crippen LogP contribution in [0.5, 0.6) is 0 Å². The fraction of sp³-hybridized carbons (Fsp3) is 0.591. The number of likely N-dealkylation sites (tertiary alicyclic amines) is 1. The van der Waals surface area contributed by atoms with Gasteiger partial charge in [-0.1, -0.05) is 49.1 Å². The topological polar surface area (TPSA) is 74.7 Å². The zero-order chi connectivity index (χ0) is 22.1. The van der Waals surface area contributed by atoms with Crippen LogP contribution in [-0.2, 0) is 20.8 Å². The van der Waals surface area contributed by atoms with E-state index in [2.05, 4.69) is 0 Å². The third kappa shape index (κ3) is 4.68. The molecule has 0 aromatic heterocycles. The number of alkyl halides is 3. The first kappa shape index (κ1) is 22.3. The molecule has 1 heterocycles. The van der Waals surface area contributed by atoms with E-state index in [1.807, 2.05) is 19.1 Å². The van der Waals surface area contributed by atoms with Crippen LogP contribution in [0.3, 0.4) is 0 Å². The summed E-state index contributed by atoms with van der Waals surface area (Å²) in [6.45, 7) is 1.86. The van der Waals surface area contributed by atoms with Crippen LogP contribution in [-0.4, -0.2) is 40.0 Å². The average molecular weight is 425 g/mol. The van der Waals surface area contributed by atoms with Crippen molar-refractivity contribution < 1.29 is 32.7 Å². The van der Waals surface area contributed by atoms with E-state index in [9.17, 15) is 32.7 Å². The van der Waals surface area contributed by atoms with Gasteiger partial charge in [0.2, 0.25) is 11.8 Å². The van der Waals surface area contributed by atoms with E-state index in [0.717, 1.165) is 17.5 Å². The predicted molar refractivity (Wildman–Crippen MR) is 102 cm³/mol. The quantitative estimate of drug-likeness (QED) is 0.696. The molecule has 0 radical (unpaired) electrons. The van der Waals surface area contributed by atoms with Crippen molar-refractivity contribution in [3.05, 3.63) is 35.4 Å². The van der Waals surface area contributed by atoms with Gasteiger partial charge in [0.15, 0.2) is 0 Å². The van der Waals surface area contributed by atoms with Gasteiger partial charge in [0, 0.05) is 6.42 Å². The number of β-lactam (4-membered cyclic amide) rings is 1. The number of carboxylic acids is 1. The largest absolute Gasteiger partial charge is 0.480 e. The Labute approximate surface area is 173 Å². The molecule has 30 heavy (non-hydrogen) atoms. The van der Waals surface area contributed by atoms with Gasteiger partial charge in [0.25, 0.3) is 0 Å². The number of amides is 2. The summed E-state index contributed by atoms with van der Waals surface area (Å²) in [6.07, 6.45) is -2.28. The maximum Gasteiger partial charge on any atom is 0.392 e. The monoisotopic (exact) mass is 425 g/mol. The molecule has 1 N–H and O–H groups in total. The molecular weight excluding hydrogens is 399 g/mol. The third-order valence-electron chi connectivity index (χ3n) is 6.31. The summed E-state index contributed by atoms with van der Waals surface area (Å²) >= 11 is 0. The average Bonchev–Trinajstić information content (AvgIpc) is 2.67. The smallest absolute Gasteiger partial charge is 0.392 e. The Hall–Kier alpha value is -2.38. The minimum Gasteiger partial charge on any atom is -0.480 e. The van der Waals surface area contributed by atoms with Crippen LogP contribution in [0.2, 0.25) is 0 Å². The van der Waals surface area contributed by atoms with Gasteiger partial charge in [-0.15, -0.1) is 0 Å². The van der Waals surface area contributed by atoms with Gasteiger partial charge >= 0.3 is 12.1 Å². The number of rotatable bonds is 6. The predicted octanol–water partition coefficient (Wildman–Crippen LogP) is 4.12. The number of halogens is 3. The molecule has 1 saturated heterocycles. The van der Waals surface area contributed by atoms with E-state index in [1.54, 1.807) is 12.1 Å². The normalized spacial score (nSPS) is 23.7. The molecule has 1 saturated carbocycles. The van der Waals surface area contributed by atoms with Crippen molar-refractivity contribution in [1.29, 1.82) is 0 Å². The summed E-state index contributed by atoms with van der Waals surface area (Å²) in [6, 6.07) is 5.79. The molecule has 0 unspecified atom stereocenters. The van der Waals surface area contributed by atoms with E-state index < -0.39 is 54.2 Å². The fourth-order valence-electron chi connectivity index (χ4n) is 4.77. The first-order chi connectivity index (χ1) is 14.1. The lowest BCUT2D eigenvalue weighted by Crippen LogP contribution is -2.67. The minimum atomic E-state index is -4.56. The van der Waals surface area contributed by atoms with Crippen molar-refractivity contribution in [3.8, 4) is 0 Å².